The minimum Gasteiger partial charge on any atom is -0.371 e. The van der Waals surface area contributed by atoms with Crippen molar-refractivity contribution in [2.24, 2.45) is 11.8 Å². The molecule has 0 bridgehead atoms. The van der Waals surface area contributed by atoms with Gasteiger partial charge in [0.05, 0.1) is 17.2 Å². The van der Waals surface area contributed by atoms with Crippen molar-refractivity contribution in [2.45, 2.75) is 26.4 Å². The second kappa shape index (κ2) is 6.72. The van der Waals surface area contributed by atoms with Gasteiger partial charge < -0.3 is 15.5 Å². The van der Waals surface area contributed by atoms with Gasteiger partial charge in [-0.05, 0) is 43.9 Å². The molecule has 2 aliphatic rings. The van der Waals surface area contributed by atoms with Gasteiger partial charge in [-0.3, -0.25) is 14.2 Å². The minimum atomic E-state index is -0.181. The van der Waals surface area contributed by atoms with Gasteiger partial charge in [0, 0.05) is 37.9 Å². The van der Waals surface area contributed by atoms with Crippen LogP contribution in [0.15, 0.2) is 29.3 Å². The molecule has 0 saturated carbocycles. The van der Waals surface area contributed by atoms with Gasteiger partial charge in [0.25, 0.3) is 5.56 Å². The van der Waals surface area contributed by atoms with Crippen LogP contribution in [0.3, 0.4) is 0 Å². The summed E-state index contributed by atoms with van der Waals surface area (Å²) in [5, 5.41) is 6.82. The average Bonchev–Trinajstić information content (AvgIpc) is 3.18. The Morgan fingerprint density at radius 3 is 2.73 bits per heavy atom. The first-order chi connectivity index (χ1) is 12.5. The predicted molar refractivity (Wildman–Crippen MR) is 101 cm³/mol. The van der Waals surface area contributed by atoms with Crippen LogP contribution in [0.4, 0.5) is 5.69 Å². The van der Waals surface area contributed by atoms with E-state index in [1.54, 1.807) is 0 Å². The molecule has 4 rings (SSSR count). The van der Waals surface area contributed by atoms with E-state index < -0.39 is 0 Å². The average molecular weight is 355 g/mol. The molecule has 2 atom stereocenters. The number of aromatic nitrogens is 2. The first-order valence-electron chi connectivity index (χ1n) is 9.25. The number of hydrogen-bond acceptors (Lipinski definition) is 5. The molecule has 2 N–H and O–H groups in total. The Morgan fingerprint density at radius 1 is 1.31 bits per heavy atom. The van der Waals surface area contributed by atoms with Crippen molar-refractivity contribution in [1.29, 1.82) is 0 Å². The lowest BCUT2D eigenvalue weighted by atomic mass is 10.0. The maximum atomic E-state index is 12.8. The third kappa shape index (κ3) is 3.19. The summed E-state index contributed by atoms with van der Waals surface area (Å²) in [4.78, 5) is 31.5. The van der Waals surface area contributed by atoms with Gasteiger partial charge in [-0.15, -0.1) is 0 Å². The van der Waals surface area contributed by atoms with E-state index in [0.717, 1.165) is 31.9 Å². The standard InChI is InChI=1S/C19H25N5O2/c1-12(2)22-18(25)10-24-11-21-17-4-3-15(5-16(17)19(24)26)23-8-13-6-20-7-14(13)9-23/h3-5,11-14,20H,6-10H2,1-2H3,(H,22,25). The smallest absolute Gasteiger partial charge is 0.261 e. The SMILES string of the molecule is CC(C)NC(=O)Cn1cnc2ccc(N3CC4CNCC4C3)cc2c1=O. The second-order valence-electron chi connectivity index (χ2n) is 7.68. The summed E-state index contributed by atoms with van der Waals surface area (Å²) in [5.41, 5.74) is 1.56. The van der Waals surface area contributed by atoms with Crippen LogP contribution in [0.1, 0.15) is 13.8 Å². The number of benzene rings is 1. The molecule has 7 heteroatoms. The van der Waals surface area contributed by atoms with Crippen LogP contribution in [0.5, 0.6) is 0 Å². The van der Waals surface area contributed by atoms with E-state index in [1.807, 2.05) is 32.0 Å². The molecule has 0 spiro atoms. The van der Waals surface area contributed by atoms with Gasteiger partial charge in [0.1, 0.15) is 6.54 Å². The first kappa shape index (κ1) is 17.0. The Balaban J connectivity index is 1.61. The summed E-state index contributed by atoms with van der Waals surface area (Å²) in [6.07, 6.45) is 1.45. The van der Waals surface area contributed by atoms with Crippen LogP contribution < -0.4 is 21.1 Å². The van der Waals surface area contributed by atoms with Crippen LogP contribution in [0.2, 0.25) is 0 Å². The van der Waals surface area contributed by atoms with Gasteiger partial charge in [-0.2, -0.15) is 0 Å². The van der Waals surface area contributed by atoms with Gasteiger partial charge in [0.2, 0.25) is 5.91 Å². The number of nitrogens with one attached hydrogen (secondary N) is 2. The van der Waals surface area contributed by atoms with E-state index >= 15 is 0 Å². The second-order valence-corrected chi connectivity index (χ2v) is 7.68. The zero-order valence-electron chi connectivity index (χ0n) is 15.2. The Labute approximate surface area is 152 Å². The van der Waals surface area contributed by atoms with Gasteiger partial charge in [0.15, 0.2) is 0 Å². The highest BCUT2D eigenvalue weighted by Crippen LogP contribution is 2.31. The van der Waals surface area contributed by atoms with E-state index in [4.69, 9.17) is 0 Å². The molecule has 26 heavy (non-hydrogen) atoms. The quantitative estimate of drug-likeness (QED) is 0.839. The van der Waals surface area contributed by atoms with Crippen LogP contribution >= 0.6 is 0 Å². The normalized spacial score (nSPS) is 22.2. The Morgan fingerprint density at radius 2 is 2.04 bits per heavy atom. The van der Waals surface area contributed by atoms with Crippen molar-refractivity contribution < 1.29 is 4.79 Å². The third-order valence-electron chi connectivity index (χ3n) is 5.33. The summed E-state index contributed by atoms with van der Waals surface area (Å²) >= 11 is 0. The first-order valence-corrected chi connectivity index (χ1v) is 9.25. The number of carbonyl (C=O) groups excluding carboxylic acids is 1. The summed E-state index contributed by atoms with van der Waals surface area (Å²) in [7, 11) is 0. The summed E-state index contributed by atoms with van der Waals surface area (Å²) < 4.78 is 1.38. The van der Waals surface area contributed by atoms with Gasteiger partial charge >= 0.3 is 0 Å². The fraction of sp³-hybridized carbons (Fsp3) is 0.526. The molecule has 1 aromatic heterocycles. The summed E-state index contributed by atoms with van der Waals surface area (Å²) in [6, 6.07) is 5.91. The number of anilines is 1. The number of rotatable bonds is 4. The van der Waals surface area contributed by atoms with E-state index in [2.05, 4.69) is 20.5 Å². The fourth-order valence-corrected chi connectivity index (χ4v) is 4.04. The number of hydrogen-bond donors (Lipinski definition) is 2. The largest absolute Gasteiger partial charge is 0.371 e. The number of amides is 1. The predicted octanol–water partition coefficient (Wildman–Crippen LogP) is 0.577. The molecule has 7 nitrogen and oxygen atoms in total. The molecule has 2 aliphatic heterocycles. The molecule has 1 amide bonds. The fourth-order valence-electron chi connectivity index (χ4n) is 4.04. The number of fused-ring (bicyclic) bond motifs is 2. The summed E-state index contributed by atoms with van der Waals surface area (Å²) in [6.45, 7) is 7.98. The number of carbonyl (C=O) groups is 1. The van der Waals surface area contributed by atoms with Crippen LogP contribution in [0, 0.1) is 11.8 Å². The van der Waals surface area contributed by atoms with E-state index in [-0.39, 0.29) is 24.1 Å². The zero-order chi connectivity index (χ0) is 18.3. The van der Waals surface area contributed by atoms with Crippen molar-refractivity contribution in [2.75, 3.05) is 31.1 Å². The molecule has 0 radical (unpaired) electrons. The molecular weight excluding hydrogens is 330 g/mol. The monoisotopic (exact) mass is 355 g/mol. The topological polar surface area (TPSA) is 79.3 Å². The lowest BCUT2D eigenvalue weighted by molar-refractivity contribution is -0.122. The maximum absolute atomic E-state index is 12.8. The van der Waals surface area contributed by atoms with E-state index in [1.165, 1.54) is 10.9 Å². The van der Waals surface area contributed by atoms with Gasteiger partial charge in [-0.1, -0.05) is 0 Å². The van der Waals surface area contributed by atoms with Crippen LogP contribution in [-0.2, 0) is 11.3 Å². The molecule has 2 fully saturated rings. The highest BCUT2D eigenvalue weighted by atomic mass is 16.2. The minimum absolute atomic E-state index is 0.0102. The molecular formula is C19H25N5O2. The van der Waals surface area contributed by atoms with Crippen molar-refractivity contribution >= 4 is 22.5 Å². The van der Waals surface area contributed by atoms with E-state index in [9.17, 15) is 9.59 Å². The van der Waals surface area contributed by atoms with Crippen LogP contribution in [0.25, 0.3) is 10.9 Å². The van der Waals surface area contributed by atoms with Gasteiger partial charge in [-0.25, -0.2) is 4.98 Å². The molecule has 1 aromatic carbocycles. The highest BCUT2D eigenvalue weighted by Gasteiger charge is 2.36. The zero-order valence-corrected chi connectivity index (χ0v) is 15.2. The Bertz CT molecular complexity index is 879. The number of nitrogens with zero attached hydrogens (tertiary/aromatic N) is 3. The molecule has 2 unspecified atom stereocenters. The Kier molecular flexibility index (Phi) is 4.40. The highest BCUT2D eigenvalue weighted by molar-refractivity contribution is 5.82. The summed E-state index contributed by atoms with van der Waals surface area (Å²) in [5.74, 6) is 1.20. The molecule has 2 aromatic rings. The molecule has 2 saturated heterocycles. The molecule has 138 valence electrons. The van der Waals surface area contributed by atoms with Crippen molar-refractivity contribution in [1.82, 2.24) is 20.2 Å². The molecule has 0 aliphatic carbocycles. The van der Waals surface area contributed by atoms with E-state index in [0.29, 0.717) is 22.7 Å². The lowest BCUT2D eigenvalue weighted by Crippen LogP contribution is -2.36. The molecule has 3 heterocycles. The van der Waals surface area contributed by atoms with Crippen molar-refractivity contribution in [3.63, 3.8) is 0 Å². The van der Waals surface area contributed by atoms with Crippen LogP contribution in [-0.4, -0.2) is 47.7 Å². The van der Waals surface area contributed by atoms with Crippen molar-refractivity contribution in [3.8, 4) is 0 Å². The lowest BCUT2D eigenvalue weighted by Gasteiger charge is -2.20. The Hall–Kier alpha value is -2.41. The maximum Gasteiger partial charge on any atom is 0.261 e. The third-order valence-corrected chi connectivity index (χ3v) is 5.33. The van der Waals surface area contributed by atoms with Crippen molar-refractivity contribution in [3.05, 3.63) is 34.9 Å².